The van der Waals surface area contributed by atoms with Gasteiger partial charge in [-0.1, -0.05) is 23.7 Å². The van der Waals surface area contributed by atoms with Gasteiger partial charge in [-0.25, -0.2) is 0 Å². The van der Waals surface area contributed by atoms with Gasteiger partial charge in [-0.2, -0.15) is 0 Å². The minimum atomic E-state index is -1.47. The lowest BCUT2D eigenvalue weighted by molar-refractivity contribution is -0.147. The van der Waals surface area contributed by atoms with Crippen LogP contribution in [0.2, 0.25) is 5.02 Å². The highest BCUT2D eigenvalue weighted by atomic mass is 35.5. The van der Waals surface area contributed by atoms with E-state index in [1.165, 1.54) is 4.90 Å². The number of imide groups is 1. The first kappa shape index (κ1) is 18.9. The van der Waals surface area contributed by atoms with E-state index in [1.54, 1.807) is 39.0 Å². The van der Waals surface area contributed by atoms with E-state index in [0.29, 0.717) is 16.3 Å². The quantitative estimate of drug-likeness (QED) is 0.627. The first-order valence-electron chi connectivity index (χ1n) is 9.04. The van der Waals surface area contributed by atoms with Crippen molar-refractivity contribution in [1.29, 1.82) is 0 Å². The highest BCUT2D eigenvalue weighted by Gasteiger charge is 2.71. The first-order valence-corrected chi connectivity index (χ1v) is 9.42. The Hall–Kier alpha value is -2.45. The van der Waals surface area contributed by atoms with Gasteiger partial charge in [0.2, 0.25) is 23.6 Å². The summed E-state index contributed by atoms with van der Waals surface area (Å²) in [7, 11) is 0. The third kappa shape index (κ3) is 2.28. The molecule has 3 heterocycles. The van der Waals surface area contributed by atoms with E-state index in [4.69, 9.17) is 17.3 Å². The molecule has 4 N–H and O–H groups in total. The highest BCUT2D eigenvalue weighted by Crippen LogP contribution is 2.55. The van der Waals surface area contributed by atoms with Crippen LogP contribution < -0.4 is 16.4 Å². The van der Waals surface area contributed by atoms with Gasteiger partial charge in [-0.15, -0.1) is 0 Å². The normalized spacial score (nSPS) is 31.4. The summed E-state index contributed by atoms with van der Waals surface area (Å²) in [6.07, 6.45) is -0.164. The van der Waals surface area contributed by atoms with Crippen molar-refractivity contribution in [2.75, 3.05) is 5.32 Å². The molecule has 0 aromatic heterocycles. The molecule has 0 unspecified atom stereocenters. The molecule has 4 atom stereocenters. The first-order chi connectivity index (χ1) is 13.0. The number of carbonyl (C=O) groups excluding carboxylic acids is 4. The zero-order chi connectivity index (χ0) is 20.6. The number of rotatable bonds is 2. The van der Waals surface area contributed by atoms with Crippen LogP contribution in [0.3, 0.4) is 0 Å². The van der Waals surface area contributed by atoms with Crippen molar-refractivity contribution in [3.8, 4) is 0 Å². The average molecular weight is 405 g/mol. The molecule has 148 valence electrons. The number of likely N-dealkylation sites (tertiary alicyclic amines) is 1. The van der Waals surface area contributed by atoms with Gasteiger partial charge < -0.3 is 11.1 Å². The number of para-hydroxylation sites is 1. The molecule has 8 nitrogen and oxygen atoms in total. The van der Waals surface area contributed by atoms with E-state index in [2.05, 4.69) is 10.6 Å². The molecule has 1 aromatic rings. The molecule has 1 spiro atoms. The van der Waals surface area contributed by atoms with Crippen LogP contribution in [0, 0.1) is 11.8 Å². The van der Waals surface area contributed by atoms with E-state index in [1.807, 2.05) is 0 Å². The van der Waals surface area contributed by atoms with Crippen LogP contribution in [0.15, 0.2) is 18.2 Å². The summed E-state index contributed by atoms with van der Waals surface area (Å²) < 4.78 is 0. The third-order valence-corrected chi connectivity index (χ3v) is 6.11. The maximum absolute atomic E-state index is 13.4. The fourth-order valence-corrected chi connectivity index (χ4v) is 5.07. The topological polar surface area (TPSA) is 122 Å². The molecule has 0 saturated carbocycles. The van der Waals surface area contributed by atoms with E-state index in [9.17, 15) is 19.2 Å². The van der Waals surface area contributed by atoms with Crippen molar-refractivity contribution in [1.82, 2.24) is 10.2 Å². The van der Waals surface area contributed by atoms with Gasteiger partial charge in [0.05, 0.1) is 22.5 Å². The van der Waals surface area contributed by atoms with Gasteiger partial charge >= 0.3 is 0 Å². The number of hydrogen-bond acceptors (Lipinski definition) is 5. The maximum Gasteiger partial charge on any atom is 0.250 e. The monoisotopic (exact) mass is 404 g/mol. The minimum Gasteiger partial charge on any atom is -0.370 e. The summed E-state index contributed by atoms with van der Waals surface area (Å²) in [6.45, 7) is 5.27. The lowest BCUT2D eigenvalue weighted by atomic mass is 9.76. The summed E-state index contributed by atoms with van der Waals surface area (Å²) in [5.74, 6) is -3.77. The predicted octanol–water partition coefficient (Wildman–Crippen LogP) is 0.734. The van der Waals surface area contributed by atoms with Crippen LogP contribution in [0.25, 0.3) is 0 Å². The standard InChI is InChI=1S/C19H21ClN4O4/c1-18(2,3)24-15(26)12-10(7-11(21)25)23-19(13(12)16(24)27)8-5-4-6-9(20)14(8)22-17(19)28/h4-6,10,12-13,23H,7H2,1-3H3,(H2,21,25)(H,22,28)/t10-,12+,13+,19+/m0/s1. The molecule has 3 aliphatic heterocycles. The summed E-state index contributed by atoms with van der Waals surface area (Å²) in [5.41, 5.74) is 4.07. The van der Waals surface area contributed by atoms with E-state index in [-0.39, 0.29) is 6.42 Å². The SMILES string of the molecule is CC(C)(C)N1C(=O)[C@@H]2[C@H](CC(N)=O)N[C@@]3(C(=O)Nc4c(Cl)cccc43)[C@H]2C1=O. The fourth-order valence-electron chi connectivity index (χ4n) is 4.85. The van der Waals surface area contributed by atoms with Gasteiger partial charge in [-0.3, -0.25) is 29.4 Å². The Balaban J connectivity index is 1.93. The van der Waals surface area contributed by atoms with Crippen molar-refractivity contribution in [3.63, 3.8) is 0 Å². The summed E-state index contributed by atoms with van der Waals surface area (Å²) in [6, 6.07) is 4.29. The Kier molecular flexibility index (Phi) is 3.90. The number of primary amides is 1. The number of nitrogens with one attached hydrogen (secondary N) is 2. The average Bonchev–Trinajstić information content (AvgIpc) is 3.13. The van der Waals surface area contributed by atoms with Gasteiger partial charge in [0, 0.05) is 23.6 Å². The van der Waals surface area contributed by atoms with E-state index >= 15 is 0 Å². The van der Waals surface area contributed by atoms with Crippen molar-refractivity contribution in [2.24, 2.45) is 17.6 Å². The minimum absolute atomic E-state index is 0.164. The molecule has 1 aromatic carbocycles. The lowest BCUT2D eigenvalue weighted by Crippen LogP contribution is -2.56. The number of anilines is 1. The Morgan fingerprint density at radius 1 is 1.25 bits per heavy atom. The summed E-state index contributed by atoms with van der Waals surface area (Å²) in [4.78, 5) is 52.6. The molecule has 0 radical (unpaired) electrons. The molecule has 2 fully saturated rings. The van der Waals surface area contributed by atoms with Crippen molar-refractivity contribution in [3.05, 3.63) is 28.8 Å². The molecule has 3 aliphatic rings. The smallest absolute Gasteiger partial charge is 0.250 e. The molecule has 9 heteroatoms. The second kappa shape index (κ2) is 5.78. The van der Waals surface area contributed by atoms with E-state index < -0.39 is 52.6 Å². The molecule has 0 aliphatic carbocycles. The number of carbonyl (C=O) groups is 4. The van der Waals surface area contributed by atoms with Crippen LogP contribution in [0.5, 0.6) is 0 Å². The van der Waals surface area contributed by atoms with Crippen molar-refractivity contribution >= 4 is 40.9 Å². The highest BCUT2D eigenvalue weighted by molar-refractivity contribution is 6.35. The number of hydrogen-bond donors (Lipinski definition) is 3. The zero-order valence-corrected chi connectivity index (χ0v) is 16.5. The predicted molar refractivity (Wildman–Crippen MR) is 101 cm³/mol. The Labute approximate surface area is 166 Å². The molecule has 0 bridgehead atoms. The Morgan fingerprint density at radius 2 is 1.93 bits per heavy atom. The maximum atomic E-state index is 13.4. The molecular weight excluding hydrogens is 384 g/mol. The Bertz CT molecular complexity index is 940. The van der Waals surface area contributed by atoms with Crippen LogP contribution in [0.4, 0.5) is 5.69 Å². The number of benzene rings is 1. The van der Waals surface area contributed by atoms with Crippen molar-refractivity contribution < 1.29 is 19.2 Å². The lowest BCUT2D eigenvalue weighted by Gasteiger charge is -2.34. The molecule has 2 saturated heterocycles. The van der Waals surface area contributed by atoms with Crippen LogP contribution in [-0.4, -0.2) is 40.1 Å². The van der Waals surface area contributed by atoms with E-state index in [0.717, 1.165) is 0 Å². The number of nitrogens with two attached hydrogens (primary N) is 1. The summed E-state index contributed by atoms with van der Waals surface area (Å²) >= 11 is 6.25. The van der Waals surface area contributed by atoms with Gasteiger partial charge in [0.25, 0.3) is 0 Å². The number of nitrogens with zero attached hydrogens (tertiary/aromatic N) is 1. The molecule has 4 amide bonds. The second-order valence-electron chi connectivity index (χ2n) is 8.53. The number of amides is 4. The largest absolute Gasteiger partial charge is 0.370 e. The Morgan fingerprint density at radius 3 is 2.54 bits per heavy atom. The molecular formula is C19H21ClN4O4. The van der Waals surface area contributed by atoms with Crippen molar-refractivity contribution in [2.45, 2.75) is 44.3 Å². The van der Waals surface area contributed by atoms with Crippen LogP contribution >= 0.6 is 11.6 Å². The van der Waals surface area contributed by atoms with Gasteiger partial charge in [0.1, 0.15) is 5.54 Å². The van der Waals surface area contributed by atoms with Gasteiger partial charge in [-0.05, 0) is 26.8 Å². The molecule has 4 rings (SSSR count). The number of halogens is 1. The van der Waals surface area contributed by atoms with Crippen LogP contribution in [-0.2, 0) is 24.7 Å². The third-order valence-electron chi connectivity index (χ3n) is 5.79. The number of fused-ring (bicyclic) bond motifs is 4. The molecule has 28 heavy (non-hydrogen) atoms. The second-order valence-corrected chi connectivity index (χ2v) is 8.94. The van der Waals surface area contributed by atoms with Gasteiger partial charge in [0.15, 0.2) is 0 Å². The fraction of sp³-hybridized carbons (Fsp3) is 0.474. The van der Waals surface area contributed by atoms with Crippen LogP contribution in [0.1, 0.15) is 32.8 Å². The summed E-state index contributed by atoms with van der Waals surface area (Å²) in [5, 5.41) is 6.21. The zero-order valence-electron chi connectivity index (χ0n) is 15.7.